The lowest BCUT2D eigenvalue weighted by Gasteiger charge is -2.14. The number of nitrogens with zero attached hydrogens (tertiary/aromatic N) is 5. The maximum atomic E-state index is 12.4. The first-order chi connectivity index (χ1) is 11.4. The summed E-state index contributed by atoms with van der Waals surface area (Å²) in [4.78, 5) is 7.20. The molecule has 1 N–H and O–H groups in total. The molecule has 0 aliphatic heterocycles. The van der Waals surface area contributed by atoms with E-state index < -0.39 is 12.1 Å². The van der Waals surface area contributed by atoms with Gasteiger partial charge in [-0.2, -0.15) is 18.2 Å². The van der Waals surface area contributed by atoms with Crippen molar-refractivity contribution in [3.8, 4) is 11.5 Å². The summed E-state index contributed by atoms with van der Waals surface area (Å²) in [5.41, 5.74) is 1.08. The van der Waals surface area contributed by atoms with Crippen LogP contribution in [-0.4, -0.2) is 25.3 Å². The summed E-state index contributed by atoms with van der Waals surface area (Å²) in [6, 6.07) is 6.70. The minimum absolute atomic E-state index is 0.0462. The van der Waals surface area contributed by atoms with Crippen molar-refractivity contribution in [3.63, 3.8) is 0 Å². The highest BCUT2D eigenvalue weighted by Crippen LogP contribution is 2.29. The summed E-state index contributed by atoms with van der Waals surface area (Å²) in [6.07, 6.45) is -1.34. The molecule has 0 aliphatic carbocycles. The van der Waals surface area contributed by atoms with Crippen LogP contribution >= 0.6 is 0 Å². The molecule has 0 amide bonds. The molecule has 3 aromatic rings. The zero-order chi connectivity index (χ0) is 17.2. The third-order valence-electron chi connectivity index (χ3n) is 3.13. The zero-order valence-corrected chi connectivity index (χ0v) is 12.3. The van der Waals surface area contributed by atoms with Gasteiger partial charge in [-0.15, -0.1) is 10.2 Å². The smallest absolute Gasteiger partial charge is 0.362 e. The van der Waals surface area contributed by atoms with Gasteiger partial charge < -0.3 is 9.84 Å². The molecular weight excluding hydrogens is 325 g/mol. The molecule has 0 radical (unpaired) electrons. The highest BCUT2D eigenvalue weighted by atomic mass is 19.4. The summed E-state index contributed by atoms with van der Waals surface area (Å²) in [5.74, 6) is -1.24. The van der Waals surface area contributed by atoms with Crippen LogP contribution in [0.4, 0.5) is 19.0 Å². The van der Waals surface area contributed by atoms with Crippen molar-refractivity contribution in [2.75, 3.05) is 5.32 Å². The number of halogens is 3. The van der Waals surface area contributed by atoms with Gasteiger partial charge in [-0.25, -0.2) is 0 Å². The van der Waals surface area contributed by atoms with E-state index >= 15 is 0 Å². The van der Waals surface area contributed by atoms with Crippen LogP contribution in [0.5, 0.6) is 0 Å². The molecule has 3 rings (SSSR count). The first-order valence-corrected chi connectivity index (χ1v) is 6.85. The van der Waals surface area contributed by atoms with Crippen LogP contribution in [0.1, 0.15) is 24.4 Å². The second-order valence-electron chi connectivity index (χ2n) is 4.87. The van der Waals surface area contributed by atoms with Crippen molar-refractivity contribution in [2.24, 2.45) is 0 Å². The Balaban J connectivity index is 1.73. The summed E-state index contributed by atoms with van der Waals surface area (Å²) in [6.45, 7) is 1.93. The zero-order valence-electron chi connectivity index (χ0n) is 12.3. The molecule has 1 atom stereocenters. The average Bonchev–Trinajstić information content (AvgIpc) is 3.07. The van der Waals surface area contributed by atoms with Crippen LogP contribution in [0.15, 0.2) is 41.2 Å². The molecule has 3 aromatic heterocycles. The number of hydrogen-bond acceptors (Lipinski definition) is 7. The maximum Gasteiger partial charge on any atom is 0.471 e. The normalized spacial score (nSPS) is 12.8. The summed E-state index contributed by atoms with van der Waals surface area (Å²) in [7, 11) is 0. The van der Waals surface area contributed by atoms with Crippen LogP contribution in [0, 0.1) is 0 Å². The highest BCUT2D eigenvalue weighted by Gasteiger charge is 2.38. The Bertz CT molecular complexity index is 803. The van der Waals surface area contributed by atoms with Crippen LogP contribution in [0.25, 0.3) is 11.5 Å². The Morgan fingerprint density at radius 3 is 2.42 bits per heavy atom. The van der Waals surface area contributed by atoms with E-state index in [-0.39, 0.29) is 17.6 Å². The largest absolute Gasteiger partial charge is 0.471 e. The van der Waals surface area contributed by atoms with Crippen LogP contribution in [-0.2, 0) is 6.18 Å². The molecule has 24 heavy (non-hydrogen) atoms. The van der Waals surface area contributed by atoms with Crippen LogP contribution in [0.3, 0.4) is 0 Å². The number of anilines is 1. The summed E-state index contributed by atoms with van der Waals surface area (Å²) >= 11 is 0. The van der Waals surface area contributed by atoms with Gasteiger partial charge in [0.2, 0.25) is 5.82 Å². The Labute approximate surface area is 133 Å². The van der Waals surface area contributed by atoms with Crippen molar-refractivity contribution in [2.45, 2.75) is 19.1 Å². The Hall–Kier alpha value is -3.04. The molecule has 0 saturated heterocycles. The van der Waals surface area contributed by atoms with Crippen molar-refractivity contribution >= 4 is 5.82 Å². The second kappa shape index (κ2) is 6.22. The van der Waals surface area contributed by atoms with Gasteiger partial charge in [0, 0.05) is 12.4 Å². The minimum Gasteiger partial charge on any atom is -0.362 e. The fourth-order valence-electron chi connectivity index (χ4n) is 1.93. The Kier molecular flexibility index (Phi) is 4.11. The van der Waals surface area contributed by atoms with E-state index in [1.54, 1.807) is 18.5 Å². The van der Waals surface area contributed by atoms with E-state index in [0.717, 1.165) is 5.56 Å². The van der Waals surface area contributed by atoms with Crippen molar-refractivity contribution in [3.05, 3.63) is 48.1 Å². The predicted molar refractivity (Wildman–Crippen MR) is 76.6 cm³/mol. The molecule has 0 bridgehead atoms. The fraction of sp³-hybridized carbons (Fsp3) is 0.214. The van der Waals surface area contributed by atoms with Gasteiger partial charge in [-0.1, -0.05) is 5.16 Å². The number of nitrogens with one attached hydrogen (secondary N) is 1. The molecule has 0 aromatic carbocycles. The van der Waals surface area contributed by atoms with Crippen LogP contribution < -0.4 is 5.32 Å². The van der Waals surface area contributed by atoms with Gasteiger partial charge in [-0.05, 0) is 36.8 Å². The Morgan fingerprint density at radius 2 is 1.83 bits per heavy atom. The van der Waals surface area contributed by atoms with E-state index in [1.807, 2.05) is 19.1 Å². The molecule has 7 nitrogen and oxygen atoms in total. The topological polar surface area (TPSA) is 89.6 Å². The molecule has 3 heterocycles. The molecule has 0 fully saturated rings. The Morgan fingerprint density at radius 1 is 1.08 bits per heavy atom. The fourth-order valence-corrected chi connectivity index (χ4v) is 1.93. The lowest BCUT2D eigenvalue weighted by atomic mass is 10.1. The SMILES string of the molecule is CC(Nc1ccc(-c2noc(C(F)(F)F)n2)nn1)c1ccncc1. The van der Waals surface area contributed by atoms with E-state index in [4.69, 9.17) is 0 Å². The van der Waals surface area contributed by atoms with Gasteiger partial charge in [0.15, 0.2) is 0 Å². The van der Waals surface area contributed by atoms with Gasteiger partial charge in [0.05, 0.1) is 6.04 Å². The molecule has 1 unspecified atom stereocenters. The standard InChI is InChI=1S/C14H11F3N6O/c1-8(9-4-6-18-7-5-9)19-11-3-2-10(21-22-11)12-20-13(24-23-12)14(15,16)17/h2-8H,1H3,(H,19,22). The number of rotatable bonds is 4. The molecule has 0 spiro atoms. The lowest BCUT2D eigenvalue weighted by molar-refractivity contribution is -0.159. The van der Waals surface area contributed by atoms with Gasteiger partial charge in [-0.3, -0.25) is 4.98 Å². The predicted octanol–water partition coefficient (Wildman–Crippen LogP) is 3.11. The lowest BCUT2D eigenvalue weighted by Crippen LogP contribution is -2.08. The van der Waals surface area contributed by atoms with Crippen molar-refractivity contribution in [1.82, 2.24) is 25.3 Å². The van der Waals surface area contributed by atoms with Gasteiger partial charge in [0.1, 0.15) is 11.5 Å². The highest BCUT2D eigenvalue weighted by molar-refractivity contribution is 5.50. The average molecular weight is 336 g/mol. The number of aromatic nitrogens is 5. The van der Waals surface area contributed by atoms with Gasteiger partial charge >= 0.3 is 12.1 Å². The summed E-state index contributed by atoms with van der Waals surface area (Å²) in [5, 5.41) is 14.1. The minimum atomic E-state index is -4.69. The van der Waals surface area contributed by atoms with Crippen LogP contribution in [0.2, 0.25) is 0 Å². The van der Waals surface area contributed by atoms with E-state index in [0.29, 0.717) is 5.82 Å². The van der Waals surface area contributed by atoms with Crippen molar-refractivity contribution < 1.29 is 17.7 Å². The molecular formula is C14H11F3N6O. The van der Waals surface area contributed by atoms with Crippen molar-refractivity contribution in [1.29, 1.82) is 0 Å². The van der Waals surface area contributed by atoms with E-state index in [2.05, 4.69) is 35.2 Å². The number of hydrogen-bond donors (Lipinski definition) is 1. The maximum absolute atomic E-state index is 12.4. The third-order valence-corrected chi connectivity index (χ3v) is 3.13. The van der Waals surface area contributed by atoms with Gasteiger partial charge in [0.25, 0.3) is 0 Å². The molecule has 124 valence electrons. The number of alkyl halides is 3. The third kappa shape index (κ3) is 3.47. The monoisotopic (exact) mass is 336 g/mol. The van der Waals surface area contributed by atoms with E-state index in [9.17, 15) is 13.2 Å². The first kappa shape index (κ1) is 15.8. The number of pyridine rings is 1. The molecule has 0 aliphatic rings. The molecule has 0 saturated carbocycles. The quantitative estimate of drug-likeness (QED) is 0.783. The van der Waals surface area contributed by atoms with E-state index in [1.165, 1.54) is 6.07 Å². The summed E-state index contributed by atoms with van der Waals surface area (Å²) < 4.78 is 41.5. The first-order valence-electron chi connectivity index (χ1n) is 6.85. The molecule has 10 heteroatoms. The second-order valence-corrected chi connectivity index (χ2v) is 4.87.